The number of carbonyl (C=O) groups is 3. The van der Waals surface area contributed by atoms with E-state index in [1.54, 1.807) is 38.1 Å². The van der Waals surface area contributed by atoms with Crippen LogP contribution in [-0.2, 0) is 14.3 Å². The van der Waals surface area contributed by atoms with Gasteiger partial charge in [0.1, 0.15) is 0 Å². The van der Waals surface area contributed by atoms with Crippen molar-refractivity contribution in [1.82, 2.24) is 0 Å². The highest BCUT2D eigenvalue weighted by molar-refractivity contribution is 5.99. The lowest BCUT2D eigenvalue weighted by atomic mass is 10.1. The molecule has 0 aliphatic carbocycles. The second-order valence-electron chi connectivity index (χ2n) is 5.68. The molecule has 2 aromatic carbocycles. The standard InChI is InChI=1S/C19H20N2O5/c1-11-7-8-13(18(23)25-3)9-15(11)21-16(22)10-26-19(24)14-6-4-5-12(2)17(14)20/h4-9H,10,20H2,1-3H3,(H,21,22). The van der Waals surface area contributed by atoms with E-state index in [2.05, 4.69) is 10.1 Å². The van der Waals surface area contributed by atoms with Crippen molar-refractivity contribution in [2.75, 3.05) is 24.8 Å². The maximum absolute atomic E-state index is 12.1. The summed E-state index contributed by atoms with van der Waals surface area (Å²) in [7, 11) is 1.27. The molecule has 2 aromatic rings. The minimum Gasteiger partial charge on any atom is -0.465 e. The summed E-state index contributed by atoms with van der Waals surface area (Å²) in [6.45, 7) is 3.07. The summed E-state index contributed by atoms with van der Waals surface area (Å²) in [5.41, 5.74) is 8.61. The number of nitrogens with one attached hydrogen (secondary N) is 1. The number of para-hydroxylation sites is 1. The van der Waals surface area contributed by atoms with Gasteiger partial charge in [-0.05, 0) is 43.2 Å². The van der Waals surface area contributed by atoms with Crippen LogP contribution in [0.25, 0.3) is 0 Å². The number of carbonyl (C=O) groups excluding carboxylic acids is 3. The van der Waals surface area contributed by atoms with Crippen molar-refractivity contribution in [3.8, 4) is 0 Å². The van der Waals surface area contributed by atoms with E-state index >= 15 is 0 Å². The first-order valence-electron chi connectivity index (χ1n) is 7.84. The number of hydrogen-bond donors (Lipinski definition) is 2. The number of esters is 2. The molecule has 1 amide bonds. The molecule has 7 heteroatoms. The molecule has 0 unspecified atom stereocenters. The SMILES string of the molecule is COC(=O)c1ccc(C)c(NC(=O)COC(=O)c2cccc(C)c2N)c1. The fourth-order valence-electron chi connectivity index (χ4n) is 2.26. The van der Waals surface area contributed by atoms with E-state index in [1.807, 2.05) is 0 Å². The van der Waals surface area contributed by atoms with Gasteiger partial charge in [-0.3, -0.25) is 4.79 Å². The zero-order chi connectivity index (χ0) is 19.3. The number of hydrogen-bond acceptors (Lipinski definition) is 6. The number of amides is 1. The van der Waals surface area contributed by atoms with E-state index in [0.717, 1.165) is 11.1 Å². The van der Waals surface area contributed by atoms with Crippen LogP contribution in [0.4, 0.5) is 11.4 Å². The number of methoxy groups -OCH3 is 1. The fourth-order valence-corrected chi connectivity index (χ4v) is 2.26. The van der Waals surface area contributed by atoms with Gasteiger partial charge in [0.05, 0.1) is 18.2 Å². The molecular weight excluding hydrogens is 336 g/mol. The van der Waals surface area contributed by atoms with Gasteiger partial charge in [-0.1, -0.05) is 18.2 Å². The fraction of sp³-hybridized carbons (Fsp3) is 0.211. The predicted octanol–water partition coefficient (Wildman–Crippen LogP) is 2.47. The molecule has 136 valence electrons. The predicted molar refractivity (Wildman–Crippen MR) is 97.0 cm³/mol. The molecule has 0 aliphatic heterocycles. The van der Waals surface area contributed by atoms with Crippen molar-refractivity contribution < 1.29 is 23.9 Å². The van der Waals surface area contributed by atoms with E-state index in [-0.39, 0.29) is 5.56 Å². The molecule has 0 saturated heterocycles. The first-order chi connectivity index (χ1) is 12.3. The largest absolute Gasteiger partial charge is 0.465 e. The second kappa shape index (κ2) is 8.15. The van der Waals surface area contributed by atoms with Gasteiger partial charge in [0.2, 0.25) is 0 Å². The van der Waals surface area contributed by atoms with Crippen molar-refractivity contribution in [2.45, 2.75) is 13.8 Å². The van der Waals surface area contributed by atoms with Crippen LogP contribution < -0.4 is 11.1 Å². The Morgan fingerprint density at radius 1 is 1.04 bits per heavy atom. The Hall–Kier alpha value is -3.35. The summed E-state index contributed by atoms with van der Waals surface area (Å²) in [6.07, 6.45) is 0. The zero-order valence-electron chi connectivity index (χ0n) is 14.8. The van der Waals surface area contributed by atoms with E-state index in [1.165, 1.54) is 19.2 Å². The van der Waals surface area contributed by atoms with Gasteiger partial charge >= 0.3 is 11.9 Å². The molecular formula is C19H20N2O5. The third-order valence-corrected chi connectivity index (χ3v) is 3.81. The molecule has 0 fully saturated rings. The zero-order valence-corrected chi connectivity index (χ0v) is 14.8. The van der Waals surface area contributed by atoms with Crippen molar-refractivity contribution in [1.29, 1.82) is 0 Å². The van der Waals surface area contributed by atoms with Crippen LogP contribution in [0, 0.1) is 13.8 Å². The monoisotopic (exact) mass is 356 g/mol. The third-order valence-electron chi connectivity index (χ3n) is 3.81. The van der Waals surface area contributed by atoms with Crippen LogP contribution >= 0.6 is 0 Å². The number of rotatable bonds is 5. The van der Waals surface area contributed by atoms with Crippen LogP contribution in [0.5, 0.6) is 0 Å². The Morgan fingerprint density at radius 3 is 2.46 bits per heavy atom. The van der Waals surface area contributed by atoms with Gasteiger partial charge in [0.25, 0.3) is 5.91 Å². The van der Waals surface area contributed by atoms with Crippen LogP contribution in [0.1, 0.15) is 31.8 Å². The van der Waals surface area contributed by atoms with E-state index in [0.29, 0.717) is 16.9 Å². The summed E-state index contributed by atoms with van der Waals surface area (Å²) in [4.78, 5) is 35.7. The highest BCUT2D eigenvalue weighted by atomic mass is 16.5. The van der Waals surface area contributed by atoms with Gasteiger partial charge in [-0.15, -0.1) is 0 Å². The average Bonchev–Trinajstić information content (AvgIpc) is 2.63. The van der Waals surface area contributed by atoms with Crippen molar-refractivity contribution in [3.05, 3.63) is 58.7 Å². The van der Waals surface area contributed by atoms with Gasteiger partial charge in [-0.2, -0.15) is 0 Å². The number of ether oxygens (including phenoxy) is 2. The summed E-state index contributed by atoms with van der Waals surface area (Å²) in [5.74, 6) is -1.72. The van der Waals surface area contributed by atoms with E-state index < -0.39 is 24.5 Å². The van der Waals surface area contributed by atoms with E-state index in [9.17, 15) is 14.4 Å². The first-order valence-corrected chi connectivity index (χ1v) is 7.84. The third kappa shape index (κ3) is 4.38. The highest BCUT2D eigenvalue weighted by Gasteiger charge is 2.15. The van der Waals surface area contributed by atoms with Crippen LogP contribution in [0.2, 0.25) is 0 Å². The number of nitrogens with two attached hydrogens (primary N) is 1. The summed E-state index contributed by atoms with van der Waals surface area (Å²) < 4.78 is 9.67. The number of aryl methyl sites for hydroxylation is 2. The molecule has 0 heterocycles. The smallest absolute Gasteiger partial charge is 0.340 e. The molecule has 0 aliphatic rings. The first kappa shape index (κ1) is 19.0. The van der Waals surface area contributed by atoms with Crippen LogP contribution in [0.3, 0.4) is 0 Å². The van der Waals surface area contributed by atoms with Gasteiger partial charge < -0.3 is 20.5 Å². The van der Waals surface area contributed by atoms with E-state index in [4.69, 9.17) is 10.5 Å². The Bertz CT molecular complexity index is 861. The lowest BCUT2D eigenvalue weighted by molar-refractivity contribution is -0.119. The lowest BCUT2D eigenvalue weighted by Crippen LogP contribution is -2.22. The summed E-state index contributed by atoms with van der Waals surface area (Å²) >= 11 is 0. The Kier molecular flexibility index (Phi) is 5.95. The molecule has 2 rings (SSSR count). The lowest BCUT2D eigenvalue weighted by Gasteiger charge is -2.11. The Labute approximate surface area is 151 Å². The van der Waals surface area contributed by atoms with Crippen LogP contribution in [0.15, 0.2) is 36.4 Å². The molecule has 0 atom stereocenters. The normalized spacial score (nSPS) is 10.1. The van der Waals surface area contributed by atoms with Gasteiger partial charge in [-0.25, -0.2) is 9.59 Å². The van der Waals surface area contributed by atoms with Crippen LogP contribution in [-0.4, -0.2) is 31.6 Å². The molecule has 7 nitrogen and oxygen atoms in total. The maximum Gasteiger partial charge on any atom is 0.340 e. The molecule has 0 spiro atoms. The number of anilines is 2. The number of nitrogen functional groups attached to an aromatic ring is 1. The molecule has 0 bridgehead atoms. The van der Waals surface area contributed by atoms with Gasteiger partial charge in [0.15, 0.2) is 6.61 Å². The molecule has 3 N–H and O–H groups in total. The molecule has 0 aromatic heterocycles. The number of benzene rings is 2. The Balaban J connectivity index is 2.02. The summed E-state index contributed by atoms with van der Waals surface area (Å²) in [6, 6.07) is 9.77. The highest BCUT2D eigenvalue weighted by Crippen LogP contribution is 2.19. The van der Waals surface area contributed by atoms with Crippen molar-refractivity contribution in [2.24, 2.45) is 0 Å². The Morgan fingerprint density at radius 2 is 1.77 bits per heavy atom. The molecule has 26 heavy (non-hydrogen) atoms. The minimum absolute atomic E-state index is 0.210. The van der Waals surface area contributed by atoms with Crippen molar-refractivity contribution in [3.63, 3.8) is 0 Å². The molecule has 0 radical (unpaired) electrons. The molecule has 0 saturated carbocycles. The second-order valence-corrected chi connectivity index (χ2v) is 5.68. The minimum atomic E-state index is -0.679. The van der Waals surface area contributed by atoms with Gasteiger partial charge in [0, 0.05) is 11.4 Å². The quantitative estimate of drug-likeness (QED) is 0.629. The topological polar surface area (TPSA) is 108 Å². The average molecular weight is 356 g/mol. The summed E-state index contributed by atoms with van der Waals surface area (Å²) in [5, 5.41) is 2.61. The maximum atomic E-state index is 12.1. The van der Waals surface area contributed by atoms with Crippen molar-refractivity contribution >= 4 is 29.2 Å².